The van der Waals surface area contributed by atoms with Gasteiger partial charge in [-0.3, -0.25) is 4.98 Å². The average Bonchev–Trinajstić information content (AvgIpc) is 3.60. The zero-order valence-electron chi connectivity index (χ0n) is 29.3. The van der Waals surface area contributed by atoms with Crippen LogP contribution in [-0.2, 0) is 5.41 Å². The summed E-state index contributed by atoms with van der Waals surface area (Å²) in [5, 5.41) is 5.20. The van der Waals surface area contributed by atoms with Gasteiger partial charge in [-0.2, -0.15) is 0 Å². The van der Waals surface area contributed by atoms with Crippen molar-refractivity contribution in [3.05, 3.63) is 162 Å². The van der Waals surface area contributed by atoms with E-state index in [-0.39, 0.29) is 5.41 Å². The van der Waals surface area contributed by atoms with Gasteiger partial charge in [-0.1, -0.05) is 161 Å². The highest BCUT2D eigenvalue weighted by atomic mass is 14.7. The quantitative estimate of drug-likeness (QED) is 0.187. The van der Waals surface area contributed by atoms with E-state index in [4.69, 9.17) is 4.98 Å². The Labute approximate surface area is 294 Å². The van der Waals surface area contributed by atoms with Crippen LogP contribution >= 0.6 is 0 Å². The van der Waals surface area contributed by atoms with Crippen molar-refractivity contribution in [2.45, 2.75) is 40.0 Å². The van der Waals surface area contributed by atoms with Gasteiger partial charge in [0.05, 0.1) is 5.69 Å². The molecule has 0 bridgehead atoms. The SMILES string of the molecule is CC.Cc1ccc2c(n1)-c1cc(-c3ccc4c5c(cccc35)-c3c-4c(-c4ccccc4)c4ccccc4c3-c3ccccc3)ccc1C2(C)C. The van der Waals surface area contributed by atoms with E-state index in [1.54, 1.807) is 0 Å². The summed E-state index contributed by atoms with van der Waals surface area (Å²) in [5.74, 6) is 0. The van der Waals surface area contributed by atoms with E-state index in [9.17, 15) is 0 Å². The highest BCUT2D eigenvalue weighted by Crippen LogP contribution is 2.58. The number of hydrogen-bond donors (Lipinski definition) is 0. The predicted molar refractivity (Wildman–Crippen MR) is 214 cm³/mol. The first-order valence-corrected chi connectivity index (χ1v) is 17.9. The molecular weight excluding hydrogens is 603 g/mol. The largest absolute Gasteiger partial charge is 0.253 e. The molecule has 1 heterocycles. The molecule has 2 aliphatic rings. The van der Waals surface area contributed by atoms with Crippen molar-refractivity contribution in [1.29, 1.82) is 0 Å². The molecule has 50 heavy (non-hydrogen) atoms. The molecule has 0 N–H and O–H groups in total. The van der Waals surface area contributed by atoms with Crippen LogP contribution in [0.25, 0.3) is 88.4 Å². The van der Waals surface area contributed by atoms with Crippen LogP contribution in [0.4, 0.5) is 0 Å². The van der Waals surface area contributed by atoms with Crippen molar-refractivity contribution in [2.24, 2.45) is 0 Å². The van der Waals surface area contributed by atoms with Crippen molar-refractivity contribution in [3.8, 4) is 66.9 Å². The fraction of sp³-hybridized carbons (Fsp3) is 0.122. The highest BCUT2D eigenvalue weighted by Gasteiger charge is 2.37. The first-order valence-electron chi connectivity index (χ1n) is 17.9. The van der Waals surface area contributed by atoms with E-state index in [1.165, 1.54) is 93.9 Å². The molecule has 0 radical (unpaired) electrons. The first kappa shape index (κ1) is 30.3. The predicted octanol–water partition coefficient (Wildman–Crippen LogP) is 13.7. The fourth-order valence-electron chi connectivity index (χ4n) is 8.73. The van der Waals surface area contributed by atoms with Gasteiger partial charge in [-0.05, 0) is 107 Å². The molecule has 7 aromatic carbocycles. The Kier molecular flexibility index (Phi) is 6.90. The van der Waals surface area contributed by atoms with Gasteiger partial charge in [-0.25, -0.2) is 0 Å². The lowest BCUT2D eigenvalue weighted by atomic mass is 9.82. The summed E-state index contributed by atoms with van der Waals surface area (Å²) in [7, 11) is 0. The van der Waals surface area contributed by atoms with Gasteiger partial charge in [0.25, 0.3) is 0 Å². The van der Waals surface area contributed by atoms with Crippen molar-refractivity contribution in [3.63, 3.8) is 0 Å². The Hall–Kier alpha value is -5.79. The van der Waals surface area contributed by atoms with E-state index >= 15 is 0 Å². The second-order valence-electron chi connectivity index (χ2n) is 13.9. The number of nitrogens with zero attached hydrogens (tertiary/aromatic N) is 1. The molecule has 0 aliphatic heterocycles. The van der Waals surface area contributed by atoms with E-state index in [1.807, 2.05) is 13.8 Å². The lowest BCUT2D eigenvalue weighted by Crippen LogP contribution is -2.15. The van der Waals surface area contributed by atoms with Crippen molar-refractivity contribution < 1.29 is 0 Å². The lowest BCUT2D eigenvalue weighted by molar-refractivity contribution is 0.658. The van der Waals surface area contributed by atoms with Crippen LogP contribution < -0.4 is 0 Å². The third kappa shape index (κ3) is 4.23. The number of hydrogen-bond acceptors (Lipinski definition) is 1. The van der Waals surface area contributed by atoms with Crippen molar-refractivity contribution in [2.75, 3.05) is 0 Å². The zero-order chi connectivity index (χ0) is 34.1. The maximum atomic E-state index is 5.06. The summed E-state index contributed by atoms with van der Waals surface area (Å²) in [5.41, 5.74) is 18.9. The van der Waals surface area contributed by atoms with E-state index in [0.717, 1.165) is 11.4 Å². The molecule has 8 aromatic rings. The van der Waals surface area contributed by atoms with E-state index < -0.39 is 0 Å². The van der Waals surface area contributed by atoms with Gasteiger partial charge >= 0.3 is 0 Å². The minimum atomic E-state index is -0.0722. The Morgan fingerprint density at radius 1 is 0.420 bits per heavy atom. The summed E-state index contributed by atoms with van der Waals surface area (Å²) in [6, 6.07) is 54.0. The van der Waals surface area contributed by atoms with Gasteiger partial charge in [0.15, 0.2) is 0 Å². The van der Waals surface area contributed by atoms with Gasteiger partial charge in [0, 0.05) is 16.7 Å². The van der Waals surface area contributed by atoms with E-state index in [0.29, 0.717) is 0 Å². The van der Waals surface area contributed by atoms with Crippen LogP contribution in [-0.4, -0.2) is 4.98 Å². The molecule has 0 spiro atoms. The molecule has 1 heteroatoms. The van der Waals surface area contributed by atoms with E-state index in [2.05, 4.69) is 166 Å². The van der Waals surface area contributed by atoms with Crippen LogP contribution in [0.2, 0.25) is 0 Å². The molecule has 0 fully saturated rings. The molecule has 1 aromatic heterocycles. The van der Waals surface area contributed by atoms with Crippen LogP contribution in [0.15, 0.2) is 146 Å². The maximum Gasteiger partial charge on any atom is 0.0749 e. The first-order chi connectivity index (χ1) is 24.5. The minimum Gasteiger partial charge on any atom is -0.253 e. The smallest absolute Gasteiger partial charge is 0.0749 e. The second kappa shape index (κ2) is 11.4. The van der Waals surface area contributed by atoms with Gasteiger partial charge < -0.3 is 0 Å². The minimum absolute atomic E-state index is 0.0722. The normalized spacial score (nSPS) is 13.1. The number of fused-ring (bicyclic) bond motifs is 7. The van der Waals surface area contributed by atoms with Crippen LogP contribution in [0.3, 0.4) is 0 Å². The van der Waals surface area contributed by atoms with Crippen LogP contribution in [0.5, 0.6) is 0 Å². The number of benzene rings is 7. The number of rotatable bonds is 3. The Morgan fingerprint density at radius 2 is 0.960 bits per heavy atom. The molecule has 0 atom stereocenters. The summed E-state index contributed by atoms with van der Waals surface area (Å²) in [6.45, 7) is 10.7. The molecule has 10 rings (SSSR count). The van der Waals surface area contributed by atoms with Gasteiger partial charge in [0.2, 0.25) is 0 Å². The van der Waals surface area contributed by atoms with Crippen molar-refractivity contribution >= 4 is 21.5 Å². The molecule has 2 aliphatic carbocycles. The third-order valence-electron chi connectivity index (χ3n) is 10.9. The number of aromatic nitrogens is 1. The molecule has 0 unspecified atom stereocenters. The summed E-state index contributed by atoms with van der Waals surface area (Å²) >= 11 is 0. The molecule has 0 saturated carbocycles. The Morgan fingerprint density at radius 3 is 1.60 bits per heavy atom. The Balaban J connectivity index is 0.00000165. The standard InChI is InChI=1S/C47H33N.C2H6/c1-28-21-25-40-46(48-28)38-27-31(22-26-39(38)47(40,2)3)32-23-24-37-43-33(32)19-12-20-36(43)44-41(29-13-6-4-7-14-29)34-17-10-11-18-35(34)42(45(37)44)30-15-8-5-9-16-30;1-2/h4-27H,1-3H3;1-2H3. The zero-order valence-corrected chi connectivity index (χ0v) is 29.3. The van der Waals surface area contributed by atoms with Gasteiger partial charge in [0.1, 0.15) is 0 Å². The molecule has 240 valence electrons. The molecule has 0 amide bonds. The molecule has 0 saturated heterocycles. The monoisotopic (exact) mass is 641 g/mol. The Bertz CT molecular complexity index is 2530. The summed E-state index contributed by atoms with van der Waals surface area (Å²) in [6.07, 6.45) is 0. The fourth-order valence-corrected chi connectivity index (χ4v) is 8.73. The number of aryl methyl sites for hydroxylation is 1. The third-order valence-corrected chi connectivity index (χ3v) is 10.9. The maximum absolute atomic E-state index is 5.06. The van der Waals surface area contributed by atoms with Gasteiger partial charge in [-0.15, -0.1) is 0 Å². The summed E-state index contributed by atoms with van der Waals surface area (Å²) < 4.78 is 0. The van der Waals surface area contributed by atoms with Crippen molar-refractivity contribution in [1.82, 2.24) is 4.98 Å². The molecular formula is C49H39N. The lowest BCUT2D eigenvalue weighted by Gasteiger charge is -2.21. The number of pyridine rings is 1. The molecule has 1 nitrogen and oxygen atoms in total. The average molecular weight is 642 g/mol. The van der Waals surface area contributed by atoms with Crippen LogP contribution in [0, 0.1) is 6.92 Å². The van der Waals surface area contributed by atoms with Crippen LogP contribution in [0.1, 0.15) is 44.5 Å². The second-order valence-corrected chi connectivity index (χ2v) is 13.9. The highest BCUT2D eigenvalue weighted by molar-refractivity contribution is 6.28. The summed E-state index contributed by atoms with van der Waals surface area (Å²) in [4.78, 5) is 5.06. The topological polar surface area (TPSA) is 12.9 Å².